The van der Waals surface area contributed by atoms with E-state index in [1.807, 2.05) is 32.0 Å². The summed E-state index contributed by atoms with van der Waals surface area (Å²) in [5.74, 6) is -1.18. The number of aromatic nitrogens is 3. The summed E-state index contributed by atoms with van der Waals surface area (Å²) in [7, 11) is 0. The summed E-state index contributed by atoms with van der Waals surface area (Å²) in [4.78, 5) is 31.0. The van der Waals surface area contributed by atoms with Crippen LogP contribution >= 0.6 is 0 Å². The minimum atomic E-state index is -0.988. The van der Waals surface area contributed by atoms with Crippen LogP contribution in [0.15, 0.2) is 24.4 Å². The molecule has 3 atom stereocenters. The van der Waals surface area contributed by atoms with Gasteiger partial charge in [-0.05, 0) is 26.0 Å². The fraction of sp³-hybridized carbons (Fsp3) is 0.444. The SMILES string of the molecule is CC(c1ccccn1)N1C[C@@H](C(=O)O)n2nc3c(c2C1=O)CN[C@H](C)C3. The number of carbonyl (C=O) groups excluding carboxylic acids is 1. The van der Waals surface area contributed by atoms with Crippen molar-refractivity contribution >= 4 is 11.9 Å². The van der Waals surface area contributed by atoms with Gasteiger partial charge in [-0.1, -0.05) is 6.07 Å². The summed E-state index contributed by atoms with van der Waals surface area (Å²) in [6, 6.07) is 4.56. The van der Waals surface area contributed by atoms with Gasteiger partial charge in [-0.25, -0.2) is 9.48 Å². The molecule has 8 heteroatoms. The number of rotatable bonds is 3. The van der Waals surface area contributed by atoms with Gasteiger partial charge in [0, 0.05) is 30.8 Å². The molecule has 1 amide bonds. The first kappa shape index (κ1) is 16.7. The molecule has 2 aliphatic heterocycles. The molecule has 0 bridgehead atoms. The fourth-order valence-corrected chi connectivity index (χ4v) is 3.74. The van der Waals surface area contributed by atoms with Crippen LogP contribution in [-0.2, 0) is 17.8 Å². The molecular formula is C18H21N5O3. The van der Waals surface area contributed by atoms with Gasteiger partial charge in [-0.2, -0.15) is 5.10 Å². The maximum atomic E-state index is 13.2. The molecular weight excluding hydrogens is 334 g/mol. The topological polar surface area (TPSA) is 100 Å². The van der Waals surface area contributed by atoms with Gasteiger partial charge < -0.3 is 15.3 Å². The summed E-state index contributed by atoms with van der Waals surface area (Å²) < 4.78 is 1.41. The van der Waals surface area contributed by atoms with Gasteiger partial charge >= 0.3 is 5.97 Å². The summed E-state index contributed by atoms with van der Waals surface area (Å²) in [5, 5.41) is 17.5. The van der Waals surface area contributed by atoms with E-state index in [2.05, 4.69) is 15.4 Å². The van der Waals surface area contributed by atoms with Crippen molar-refractivity contribution in [3.8, 4) is 0 Å². The van der Waals surface area contributed by atoms with Crippen LogP contribution in [0.5, 0.6) is 0 Å². The molecule has 0 spiro atoms. The predicted molar refractivity (Wildman–Crippen MR) is 92.6 cm³/mol. The number of fused-ring (bicyclic) bond motifs is 3. The third-order valence-electron chi connectivity index (χ3n) is 5.22. The van der Waals surface area contributed by atoms with Crippen LogP contribution in [0.25, 0.3) is 0 Å². The number of nitrogens with one attached hydrogen (secondary N) is 1. The zero-order valence-electron chi connectivity index (χ0n) is 14.7. The molecule has 2 aliphatic rings. The van der Waals surface area contributed by atoms with Crippen LogP contribution in [0.3, 0.4) is 0 Å². The van der Waals surface area contributed by atoms with Gasteiger partial charge in [-0.15, -0.1) is 0 Å². The largest absolute Gasteiger partial charge is 0.480 e. The minimum absolute atomic E-state index is 0.0719. The van der Waals surface area contributed by atoms with E-state index in [1.54, 1.807) is 11.1 Å². The molecule has 4 rings (SSSR count). The maximum Gasteiger partial charge on any atom is 0.330 e. The van der Waals surface area contributed by atoms with E-state index >= 15 is 0 Å². The zero-order valence-corrected chi connectivity index (χ0v) is 14.7. The maximum absolute atomic E-state index is 13.2. The van der Waals surface area contributed by atoms with Crippen molar-refractivity contribution in [1.82, 2.24) is 25.0 Å². The van der Waals surface area contributed by atoms with E-state index in [1.165, 1.54) is 4.68 Å². The summed E-state index contributed by atoms with van der Waals surface area (Å²) in [5.41, 5.74) is 2.76. The van der Waals surface area contributed by atoms with Crippen LogP contribution < -0.4 is 5.32 Å². The number of carbonyl (C=O) groups is 2. The molecule has 0 saturated heterocycles. The normalized spacial score (nSPS) is 23.3. The highest BCUT2D eigenvalue weighted by atomic mass is 16.4. The van der Waals surface area contributed by atoms with Crippen LogP contribution in [-0.4, -0.2) is 49.2 Å². The molecule has 8 nitrogen and oxygen atoms in total. The minimum Gasteiger partial charge on any atom is -0.480 e. The Morgan fingerprint density at radius 2 is 2.23 bits per heavy atom. The molecule has 1 unspecified atom stereocenters. The highest BCUT2D eigenvalue weighted by molar-refractivity contribution is 5.96. The molecule has 2 N–H and O–H groups in total. The molecule has 2 aromatic rings. The van der Waals surface area contributed by atoms with Gasteiger partial charge in [0.15, 0.2) is 6.04 Å². The highest BCUT2D eigenvalue weighted by Crippen LogP contribution is 2.32. The van der Waals surface area contributed by atoms with Gasteiger partial charge in [0.25, 0.3) is 5.91 Å². The van der Waals surface area contributed by atoms with Crippen LogP contribution in [0.1, 0.15) is 53.4 Å². The average molecular weight is 355 g/mol. The molecule has 0 aliphatic carbocycles. The lowest BCUT2D eigenvalue weighted by Crippen LogP contribution is -2.47. The smallest absolute Gasteiger partial charge is 0.330 e. The van der Waals surface area contributed by atoms with Gasteiger partial charge in [0.05, 0.1) is 24.0 Å². The number of nitrogens with zero attached hydrogens (tertiary/aromatic N) is 4. The molecule has 26 heavy (non-hydrogen) atoms. The third kappa shape index (κ3) is 2.57. The Labute approximate surface area is 150 Å². The second-order valence-electron chi connectivity index (χ2n) is 6.95. The molecule has 136 valence electrons. The fourth-order valence-electron chi connectivity index (χ4n) is 3.74. The number of hydrogen-bond acceptors (Lipinski definition) is 5. The lowest BCUT2D eigenvalue weighted by atomic mass is 9.99. The predicted octanol–water partition coefficient (Wildman–Crippen LogP) is 1.15. The van der Waals surface area contributed by atoms with E-state index in [4.69, 9.17) is 0 Å². The van der Waals surface area contributed by atoms with Crippen molar-refractivity contribution < 1.29 is 14.7 Å². The van der Waals surface area contributed by atoms with Crippen molar-refractivity contribution in [3.05, 3.63) is 47.0 Å². The standard InChI is InChI=1S/C18H21N5O3/c1-10-7-14-12(8-20-10)16-17(24)22(9-15(18(25)26)23(16)21-14)11(2)13-5-3-4-6-19-13/h3-6,10-11,15,20H,7-9H2,1-2H3,(H,25,26)/t10-,11?,15+/m1/s1. The van der Waals surface area contributed by atoms with Crippen molar-refractivity contribution in [1.29, 1.82) is 0 Å². The zero-order chi connectivity index (χ0) is 18.4. The Kier molecular flexibility index (Phi) is 3.99. The van der Waals surface area contributed by atoms with Crippen molar-refractivity contribution in [2.75, 3.05) is 6.54 Å². The molecule has 0 aromatic carbocycles. The van der Waals surface area contributed by atoms with Crippen LogP contribution in [0, 0.1) is 0 Å². The Hall–Kier alpha value is -2.74. The van der Waals surface area contributed by atoms with Crippen molar-refractivity contribution in [3.63, 3.8) is 0 Å². The molecule has 4 heterocycles. The number of aliphatic carboxylic acids is 1. The van der Waals surface area contributed by atoms with Crippen LogP contribution in [0.2, 0.25) is 0 Å². The van der Waals surface area contributed by atoms with Gasteiger partial charge in [0.2, 0.25) is 0 Å². The molecule has 0 saturated carbocycles. The first-order valence-corrected chi connectivity index (χ1v) is 8.75. The van der Waals surface area contributed by atoms with Crippen LogP contribution in [0.4, 0.5) is 0 Å². The van der Waals surface area contributed by atoms with Gasteiger partial charge in [-0.3, -0.25) is 9.78 Å². The van der Waals surface area contributed by atoms with E-state index in [9.17, 15) is 14.7 Å². The Balaban J connectivity index is 1.78. The number of pyridine rings is 1. The number of hydrogen-bond donors (Lipinski definition) is 2. The second-order valence-corrected chi connectivity index (χ2v) is 6.95. The molecule has 2 aromatic heterocycles. The first-order chi connectivity index (χ1) is 12.5. The third-order valence-corrected chi connectivity index (χ3v) is 5.22. The lowest BCUT2D eigenvalue weighted by Gasteiger charge is -2.36. The van der Waals surface area contributed by atoms with Crippen molar-refractivity contribution in [2.24, 2.45) is 0 Å². The average Bonchev–Trinajstić information content (AvgIpc) is 3.00. The van der Waals surface area contributed by atoms with Gasteiger partial charge in [0.1, 0.15) is 5.69 Å². The Morgan fingerprint density at radius 3 is 2.92 bits per heavy atom. The Bertz CT molecular complexity index is 863. The summed E-state index contributed by atoms with van der Waals surface area (Å²) in [6.45, 7) is 4.52. The molecule has 0 fully saturated rings. The second kappa shape index (κ2) is 6.21. The number of carboxylic acid groups (broad SMARTS) is 1. The monoisotopic (exact) mass is 355 g/mol. The van der Waals surface area contributed by atoms with E-state index < -0.39 is 12.0 Å². The summed E-state index contributed by atoms with van der Waals surface area (Å²) >= 11 is 0. The highest BCUT2D eigenvalue weighted by Gasteiger charge is 2.42. The van der Waals surface area contributed by atoms with E-state index in [0.29, 0.717) is 18.7 Å². The van der Waals surface area contributed by atoms with Crippen molar-refractivity contribution in [2.45, 2.75) is 44.9 Å². The number of carboxylic acids is 1. The van der Waals surface area contributed by atoms with E-state index in [0.717, 1.165) is 17.0 Å². The summed E-state index contributed by atoms with van der Waals surface area (Å²) in [6.07, 6.45) is 2.36. The molecule has 0 radical (unpaired) electrons. The number of amides is 1. The first-order valence-electron chi connectivity index (χ1n) is 8.75. The van der Waals surface area contributed by atoms with E-state index in [-0.39, 0.29) is 24.5 Å². The quantitative estimate of drug-likeness (QED) is 0.857. The lowest BCUT2D eigenvalue weighted by molar-refractivity contribution is -0.142. The Morgan fingerprint density at radius 1 is 1.42 bits per heavy atom.